The first-order valence-electron chi connectivity index (χ1n) is 6.51. The van der Waals surface area contributed by atoms with Crippen molar-refractivity contribution >= 4 is 0 Å². The minimum atomic E-state index is -0.0197. The van der Waals surface area contributed by atoms with Gasteiger partial charge in [0.15, 0.2) is 0 Å². The number of aliphatic hydroxyl groups is 1. The van der Waals surface area contributed by atoms with Gasteiger partial charge in [0.1, 0.15) is 0 Å². The molecule has 1 unspecified atom stereocenters. The molecule has 0 aromatic heterocycles. The number of nitrogens with zero attached hydrogens (tertiary/aromatic N) is 2. The molecule has 4 heteroatoms. The highest BCUT2D eigenvalue weighted by Crippen LogP contribution is 2.20. The molecule has 2 fully saturated rings. The minimum Gasteiger partial charge on any atom is -0.394 e. The van der Waals surface area contributed by atoms with Crippen LogP contribution < -0.4 is 5.32 Å². The van der Waals surface area contributed by atoms with Gasteiger partial charge in [-0.25, -0.2) is 0 Å². The Kier molecular flexibility index (Phi) is 4.19. The largest absolute Gasteiger partial charge is 0.394 e. The van der Waals surface area contributed by atoms with Crippen LogP contribution in [0.25, 0.3) is 0 Å². The van der Waals surface area contributed by atoms with E-state index in [1.807, 2.05) is 0 Å². The van der Waals surface area contributed by atoms with Crippen molar-refractivity contribution in [1.82, 2.24) is 15.1 Å². The standard InChI is InChI=1S/C12H25N3O/c1-14-6-8-15(9-7-14)10-12(11-16)4-2-3-5-13-12/h13,16H,2-11H2,1H3. The monoisotopic (exact) mass is 227 g/mol. The lowest BCUT2D eigenvalue weighted by atomic mass is 9.89. The molecule has 1 atom stereocenters. The molecule has 0 spiro atoms. The van der Waals surface area contributed by atoms with Crippen molar-refractivity contribution in [3.63, 3.8) is 0 Å². The molecule has 2 aliphatic heterocycles. The Balaban J connectivity index is 1.86. The number of hydrogen-bond acceptors (Lipinski definition) is 4. The van der Waals surface area contributed by atoms with Gasteiger partial charge in [-0.15, -0.1) is 0 Å². The van der Waals surface area contributed by atoms with Crippen LogP contribution in [0.2, 0.25) is 0 Å². The van der Waals surface area contributed by atoms with Gasteiger partial charge in [0.2, 0.25) is 0 Å². The minimum absolute atomic E-state index is 0.0197. The van der Waals surface area contributed by atoms with Crippen LogP contribution in [-0.4, -0.2) is 73.4 Å². The van der Waals surface area contributed by atoms with Crippen molar-refractivity contribution in [3.8, 4) is 0 Å². The summed E-state index contributed by atoms with van der Waals surface area (Å²) in [6, 6.07) is 0. The lowest BCUT2D eigenvalue weighted by Gasteiger charge is -2.43. The fourth-order valence-electron chi connectivity index (χ4n) is 2.78. The predicted octanol–water partition coefficient (Wildman–Crippen LogP) is -0.262. The van der Waals surface area contributed by atoms with Crippen LogP contribution in [-0.2, 0) is 0 Å². The Bertz CT molecular complexity index is 208. The highest BCUT2D eigenvalue weighted by atomic mass is 16.3. The number of likely N-dealkylation sites (N-methyl/N-ethyl adjacent to an activating group) is 1. The van der Waals surface area contributed by atoms with Crippen LogP contribution in [0.4, 0.5) is 0 Å². The summed E-state index contributed by atoms with van der Waals surface area (Å²) in [4.78, 5) is 4.87. The molecule has 0 bridgehead atoms. The van der Waals surface area contributed by atoms with Crippen LogP contribution in [0.1, 0.15) is 19.3 Å². The molecule has 2 rings (SSSR count). The van der Waals surface area contributed by atoms with E-state index in [2.05, 4.69) is 22.2 Å². The average Bonchev–Trinajstić information content (AvgIpc) is 2.33. The molecular weight excluding hydrogens is 202 g/mol. The summed E-state index contributed by atoms with van der Waals surface area (Å²) in [5, 5.41) is 13.2. The van der Waals surface area contributed by atoms with Crippen LogP contribution >= 0.6 is 0 Å². The van der Waals surface area contributed by atoms with Gasteiger partial charge < -0.3 is 15.3 Å². The van der Waals surface area contributed by atoms with Crippen molar-refractivity contribution in [1.29, 1.82) is 0 Å². The molecular formula is C12H25N3O. The number of aliphatic hydroxyl groups excluding tert-OH is 1. The topological polar surface area (TPSA) is 38.7 Å². The molecule has 0 saturated carbocycles. The number of hydrogen-bond donors (Lipinski definition) is 2. The molecule has 2 saturated heterocycles. The predicted molar refractivity (Wildman–Crippen MR) is 65.6 cm³/mol. The summed E-state index contributed by atoms with van der Waals surface area (Å²) in [6.45, 7) is 6.94. The highest BCUT2D eigenvalue weighted by molar-refractivity contribution is 4.94. The fraction of sp³-hybridized carbons (Fsp3) is 1.00. The quantitative estimate of drug-likeness (QED) is 0.697. The smallest absolute Gasteiger partial charge is 0.0625 e. The molecule has 0 aliphatic carbocycles. The third-order valence-corrected chi connectivity index (χ3v) is 4.01. The first-order valence-corrected chi connectivity index (χ1v) is 6.51. The average molecular weight is 227 g/mol. The molecule has 16 heavy (non-hydrogen) atoms. The van der Waals surface area contributed by atoms with Crippen molar-refractivity contribution in [2.24, 2.45) is 0 Å². The molecule has 0 amide bonds. The Hall–Kier alpha value is -0.160. The summed E-state index contributed by atoms with van der Waals surface area (Å²) in [5.74, 6) is 0. The number of piperidine rings is 1. The molecule has 4 nitrogen and oxygen atoms in total. The van der Waals surface area contributed by atoms with Crippen molar-refractivity contribution < 1.29 is 5.11 Å². The normalized spacial score (nSPS) is 34.1. The van der Waals surface area contributed by atoms with E-state index in [1.54, 1.807) is 0 Å². The molecule has 2 heterocycles. The van der Waals surface area contributed by atoms with Gasteiger partial charge >= 0.3 is 0 Å². The maximum Gasteiger partial charge on any atom is 0.0625 e. The van der Waals surface area contributed by atoms with Gasteiger partial charge in [0.25, 0.3) is 0 Å². The van der Waals surface area contributed by atoms with E-state index in [4.69, 9.17) is 0 Å². The lowest BCUT2D eigenvalue weighted by Crippen LogP contribution is -2.60. The van der Waals surface area contributed by atoms with Crippen LogP contribution in [0.5, 0.6) is 0 Å². The lowest BCUT2D eigenvalue weighted by molar-refractivity contribution is 0.0631. The summed E-state index contributed by atoms with van der Waals surface area (Å²) < 4.78 is 0. The molecule has 0 aromatic carbocycles. The zero-order valence-corrected chi connectivity index (χ0v) is 10.4. The summed E-state index contributed by atoms with van der Waals surface area (Å²) >= 11 is 0. The molecule has 94 valence electrons. The van der Waals surface area contributed by atoms with E-state index in [0.29, 0.717) is 0 Å². The van der Waals surface area contributed by atoms with E-state index in [-0.39, 0.29) is 12.1 Å². The molecule has 2 aliphatic rings. The van der Waals surface area contributed by atoms with Crippen molar-refractivity contribution in [3.05, 3.63) is 0 Å². The van der Waals surface area contributed by atoms with Gasteiger partial charge in [0, 0.05) is 32.7 Å². The second-order valence-electron chi connectivity index (χ2n) is 5.40. The van der Waals surface area contributed by atoms with E-state index in [9.17, 15) is 5.11 Å². The SMILES string of the molecule is CN1CCN(CC2(CO)CCCCN2)CC1. The Labute approximate surface area is 98.6 Å². The second kappa shape index (κ2) is 5.45. The van der Waals surface area contributed by atoms with Crippen molar-refractivity contribution in [2.75, 3.05) is 52.9 Å². The number of nitrogens with one attached hydrogen (secondary N) is 1. The fourth-order valence-corrected chi connectivity index (χ4v) is 2.78. The van der Waals surface area contributed by atoms with Gasteiger partial charge in [-0.1, -0.05) is 6.42 Å². The van der Waals surface area contributed by atoms with Gasteiger partial charge in [-0.05, 0) is 26.4 Å². The van der Waals surface area contributed by atoms with E-state index < -0.39 is 0 Å². The first kappa shape index (κ1) is 12.3. The zero-order valence-electron chi connectivity index (χ0n) is 10.4. The van der Waals surface area contributed by atoms with E-state index >= 15 is 0 Å². The molecule has 2 N–H and O–H groups in total. The van der Waals surface area contributed by atoms with Gasteiger partial charge in [-0.2, -0.15) is 0 Å². The maximum atomic E-state index is 9.62. The van der Waals surface area contributed by atoms with Crippen LogP contribution in [0, 0.1) is 0 Å². The third-order valence-electron chi connectivity index (χ3n) is 4.01. The second-order valence-corrected chi connectivity index (χ2v) is 5.40. The van der Waals surface area contributed by atoms with Gasteiger partial charge in [-0.3, -0.25) is 4.90 Å². The van der Waals surface area contributed by atoms with Crippen LogP contribution in [0.15, 0.2) is 0 Å². The van der Waals surface area contributed by atoms with Crippen LogP contribution in [0.3, 0.4) is 0 Å². The molecule has 0 aromatic rings. The third kappa shape index (κ3) is 2.94. The summed E-state index contributed by atoms with van der Waals surface area (Å²) in [7, 11) is 2.18. The maximum absolute atomic E-state index is 9.62. The Morgan fingerprint density at radius 1 is 1.19 bits per heavy atom. The van der Waals surface area contributed by atoms with Crippen molar-refractivity contribution in [2.45, 2.75) is 24.8 Å². The van der Waals surface area contributed by atoms with E-state index in [1.165, 1.54) is 12.8 Å². The zero-order chi connectivity index (χ0) is 11.4. The first-order chi connectivity index (χ1) is 7.74. The Morgan fingerprint density at radius 3 is 2.50 bits per heavy atom. The highest BCUT2D eigenvalue weighted by Gasteiger charge is 2.33. The summed E-state index contributed by atoms with van der Waals surface area (Å²) in [5.41, 5.74) is -0.0197. The number of rotatable bonds is 3. The molecule has 0 radical (unpaired) electrons. The summed E-state index contributed by atoms with van der Waals surface area (Å²) in [6.07, 6.45) is 3.63. The van der Waals surface area contributed by atoms with Gasteiger partial charge in [0.05, 0.1) is 12.1 Å². The number of piperazine rings is 1. The Morgan fingerprint density at radius 2 is 1.94 bits per heavy atom. The van der Waals surface area contributed by atoms with E-state index in [0.717, 1.165) is 45.7 Å².